The van der Waals surface area contributed by atoms with Gasteiger partial charge in [-0.3, -0.25) is 4.79 Å². The first-order valence-electron chi connectivity index (χ1n) is 8.35. The van der Waals surface area contributed by atoms with Gasteiger partial charge in [0.15, 0.2) is 0 Å². The van der Waals surface area contributed by atoms with Crippen LogP contribution in [0.15, 0.2) is 66.9 Å². The molecule has 0 saturated heterocycles. The third kappa shape index (κ3) is 4.39. The van der Waals surface area contributed by atoms with Gasteiger partial charge >= 0.3 is 0 Å². The van der Waals surface area contributed by atoms with Crippen LogP contribution in [0.1, 0.15) is 21.5 Å². The van der Waals surface area contributed by atoms with E-state index in [-0.39, 0.29) is 5.91 Å². The lowest BCUT2D eigenvalue weighted by Crippen LogP contribution is -2.14. The Balaban J connectivity index is 1.61. The molecule has 26 heavy (non-hydrogen) atoms. The maximum atomic E-state index is 12.4. The number of carbonyl (C=O) groups excluding carboxylic acids is 1. The van der Waals surface area contributed by atoms with E-state index in [1.165, 1.54) is 11.1 Å². The molecule has 3 rings (SSSR count). The van der Waals surface area contributed by atoms with Gasteiger partial charge < -0.3 is 15.4 Å². The molecule has 3 aromatic rings. The van der Waals surface area contributed by atoms with Gasteiger partial charge in [-0.05, 0) is 36.8 Å². The molecule has 0 bridgehead atoms. The summed E-state index contributed by atoms with van der Waals surface area (Å²) in [5.41, 5.74) is 3.80. The molecule has 0 aliphatic rings. The number of aromatic nitrogens is 1. The molecular weight excluding hydrogens is 326 g/mol. The van der Waals surface area contributed by atoms with Crippen LogP contribution < -0.4 is 15.4 Å². The number of aryl methyl sites for hydroxylation is 1. The number of anilines is 2. The first-order chi connectivity index (χ1) is 12.7. The second kappa shape index (κ2) is 8.16. The van der Waals surface area contributed by atoms with Crippen molar-refractivity contribution in [3.8, 4) is 5.75 Å². The standard InChI is InChI=1S/C21H21N3O2/c1-15-6-5-7-16(12-15)13-22-17-10-11-20(23-14-17)24-21(25)18-8-3-4-9-19(18)26-2/h3-12,14,22H,13H2,1-2H3,(H,23,24,25). The van der Waals surface area contributed by atoms with Gasteiger partial charge in [-0.2, -0.15) is 0 Å². The zero-order chi connectivity index (χ0) is 18.4. The van der Waals surface area contributed by atoms with Gasteiger partial charge in [-0.25, -0.2) is 4.98 Å². The SMILES string of the molecule is COc1ccccc1C(=O)Nc1ccc(NCc2cccc(C)c2)cn1. The van der Waals surface area contributed by atoms with Crippen molar-refractivity contribution in [3.05, 3.63) is 83.6 Å². The van der Waals surface area contributed by atoms with Crippen molar-refractivity contribution in [2.75, 3.05) is 17.7 Å². The van der Waals surface area contributed by atoms with Gasteiger partial charge in [0.2, 0.25) is 0 Å². The van der Waals surface area contributed by atoms with Crippen LogP contribution in [0, 0.1) is 6.92 Å². The molecule has 0 aliphatic carbocycles. The predicted molar refractivity (Wildman–Crippen MR) is 104 cm³/mol. The van der Waals surface area contributed by atoms with Crippen molar-refractivity contribution >= 4 is 17.4 Å². The Kier molecular flexibility index (Phi) is 5.49. The number of ether oxygens (including phenoxy) is 1. The molecule has 0 unspecified atom stereocenters. The molecular formula is C21H21N3O2. The van der Waals surface area contributed by atoms with Crippen molar-refractivity contribution in [2.45, 2.75) is 13.5 Å². The molecule has 0 atom stereocenters. The summed E-state index contributed by atoms with van der Waals surface area (Å²) < 4.78 is 5.21. The number of rotatable bonds is 6. The van der Waals surface area contributed by atoms with E-state index < -0.39 is 0 Å². The highest BCUT2D eigenvalue weighted by molar-refractivity contribution is 6.05. The maximum Gasteiger partial charge on any atom is 0.260 e. The number of nitrogens with one attached hydrogen (secondary N) is 2. The van der Waals surface area contributed by atoms with Crippen LogP contribution in [0.3, 0.4) is 0 Å². The molecule has 0 fully saturated rings. The average molecular weight is 347 g/mol. The number of benzene rings is 2. The summed E-state index contributed by atoms with van der Waals surface area (Å²) in [7, 11) is 1.54. The number of nitrogens with zero attached hydrogens (tertiary/aromatic N) is 1. The van der Waals surface area contributed by atoms with Crippen LogP contribution >= 0.6 is 0 Å². The fraction of sp³-hybridized carbons (Fsp3) is 0.143. The topological polar surface area (TPSA) is 63.2 Å². The lowest BCUT2D eigenvalue weighted by molar-refractivity contribution is 0.102. The van der Waals surface area contributed by atoms with Crippen molar-refractivity contribution in [2.24, 2.45) is 0 Å². The number of pyridine rings is 1. The van der Waals surface area contributed by atoms with E-state index in [0.29, 0.717) is 17.1 Å². The Morgan fingerprint density at radius 3 is 2.65 bits per heavy atom. The Labute approximate surface area is 153 Å². The molecule has 5 heteroatoms. The predicted octanol–water partition coefficient (Wildman–Crippen LogP) is 4.26. The molecule has 2 aromatic carbocycles. The summed E-state index contributed by atoms with van der Waals surface area (Å²) in [6, 6.07) is 19.1. The van der Waals surface area contributed by atoms with E-state index in [4.69, 9.17) is 4.74 Å². The van der Waals surface area contributed by atoms with Crippen molar-refractivity contribution in [3.63, 3.8) is 0 Å². The molecule has 2 N–H and O–H groups in total. The monoisotopic (exact) mass is 347 g/mol. The van der Waals surface area contributed by atoms with Crippen molar-refractivity contribution < 1.29 is 9.53 Å². The molecule has 0 spiro atoms. The Morgan fingerprint density at radius 1 is 1.08 bits per heavy atom. The number of hydrogen-bond acceptors (Lipinski definition) is 4. The highest BCUT2D eigenvalue weighted by atomic mass is 16.5. The zero-order valence-corrected chi connectivity index (χ0v) is 14.8. The largest absolute Gasteiger partial charge is 0.496 e. The van der Waals surface area contributed by atoms with Gasteiger partial charge in [0.1, 0.15) is 11.6 Å². The molecule has 1 heterocycles. The molecule has 5 nitrogen and oxygen atoms in total. The van der Waals surface area contributed by atoms with Gasteiger partial charge in [0.25, 0.3) is 5.91 Å². The van der Waals surface area contributed by atoms with Crippen LogP contribution in [0.5, 0.6) is 5.75 Å². The number of amides is 1. The van der Waals surface area contributed by atoms with Crippen molar-refractivity contribution in [1.82, 2.24) is 4.98 Å². The number of methoxy groups -OCH3 is 1. The highest BCUT2D eigenvalue weighted by Crippen LogP contribution is 2.19. The summed E-state index contributed by atoms with van der Waals surface area (Å²) in [6.07, 6.45) is 1.70. The van der Waals surface area contributed by atoms with Gasteiger partial charge in [-0.1, -0.05) is 42.0 Å². The Morgan fingerprint density at radius 2 is 1.92 bits per heavy atom. The summed E-state index contributed by atoms with van der Waals surface area (Å²) in [5.74, 6) is 0.763. The molecule has 1 aromatic heterocycles. The van der Waals surface area contributed by atoms with E-state index >= 15 is 0 Å². The summed E-state index contributed by atoms with van der Waals surface area (Å²) in [5, 5.41) is 6.11. The zero-order valence-electron chi connectivity index (χ0n) is 14.8. The van der Waals surface area contributed by atoms with Crippen LogP contribution in [-0.2, 0) is 6.54 Å². The van der Waals surface area contributed by atoms with E-state index in [1.54, 1.807) is 37.6 Å². The molecule has 1 amide bonds. The Bertz CT molecular complexity index is 892. The first-order valence-corrected chi connectivity index (χ1v) is 8.35. The van der Waals surface area contributed by atoms with Crippen LogP contribution in [0.2, 0.25) is 0 Å². The Hall–Kier alpha value is -3.34. The van der Waals surface area contributed by atoms with E-state index in [1.807, 2.05) is 18.2 Å². The lowest BCUT2D eigenvalue weighted by atomic mass is 10.1. The molecule has 0 radical (unpaired) electrons. The van der Waals surface area contributed by atoms with E-state index in [2.05, 4.69) is 40.7 Å². The smallest absolute Gasteiger partial charge is 0.260 e. The second-order valence-electron chi connectivity index (χ2n) is 5.93. The van der Waals surface area contributed by atoms with Crippen molar-refractivity contribution in [1.29, 1.82) is 0 Å². The fourth-order valence-corrected chi connectivity index (χ4v) is 2.61. The quantitative estimate of drug-likeness (QED) is 0.699. The number of hydrogen-bond donors (Lipinski definition) is 2. The van der Waals surface area contributed by atoms with E-state index in [9.17, 15) is 4.79 Å². The fourth-order valence-electron chi connectivity index (χ4n) is 2.61. The number of para-hydroxylation sites is 1. The maximum absolute atomic E-state index is 12.4. The van der Waals surface area contributed by atoms with Gasteiger partial charge in [-0.15, -0.1) is 0 Å². The summed E-state index contributed by atoms with van der Waals surface area (Å²) in [6.45, 7) is 2.79. The second-order valence-corrected chi connectivity index (χ2v) is 5.93. The van der Waals surface area contributed by atoms with E-state index in [0.717, 1.165) is 12.2 Å². The summed E-state index contributed by atoms with van der Waals surface area (Å²) >= 11 is 0. The summed E-state index contributed by atoms with van der Waals surface area (Å²) in [4.78, 5) is 16.7. The normalized spacial score (nSPS) is 10.2. The highest BCUT2D eigenvalue weighted by Gasteiger charge is 2.12. The third-order valence-electron chi connectivity index (χ3n) is 3.94. The minimum atomic E-state index is -0.254. The number of carbonyl (C=O) groups is 1. The minimum absolute atomic E-state index is 0.254. The average Bonchev–Trinajstić information content (AvgIpc) is 2.67. The van der Waals surface area contributed by atoms with Gasteiger partial charge in [0, 0.05) is 6.54 Å². The molecule has 0 saturated carbocycles. The minimum Gasteiger partial charge on any atom is -0.496 e. The van der Waals surface area contributed by atoms with Crippen LogP contribution in [0.4, 0.5) is 11.5 Å². The lowest BCUT2D eigenvalue weighted by Gasteiger charge is -2.10. The third-order valence-corrected chi connectivity index (χ3v) is 3.94. The molecule has 0 aliphatic heterocycles. The van der Waals surface area contributed by atoms with Crippen LogP contribution in [0.25, 0.3) is 0 Å². The van der Waals surface area contributed by atoms with Gasteiger partial charge in [0.05, 0.1) is 24.6 Å². The molecule has 132 valence electrons. The first kappa shape index (κ1) is 17.5. The van der Waals surface area contributed by atoms with Crippen LogP contribution in [-0.4, -0.2) is 18.0 Å².